The van der Waals surface area contributed by atoms with E-state index in [4.69, 9.17) is 4.74 Å². The summed E-state index contributed by atoms with van der Waals surface area (Å²) in [5, 5.41) is 7.15. The zero-order valence-corrected chi connectivity index (χ0v) is 19.3. The lowest BCUT2D eigenvalue weighted by Crippen LogP contribution is -2.18. The van der Waals surface area contributed by atoms with Crippen molar-refractivity contribution < 1.29 is 17.9 Å². The normalized spacial score (nSPS) is 13.0. The van der Waals surface area contributed by atoms with Crippen LogP contribution >= 0.6 is 0 Å². The number of benzene rings is 2. The quantitative estimate of drug-likeness (QED) is 0.593. The van der Waals surface area contributed by atoms with Crippen molar-refractivity contribution in [2.24, 2.45) is 7.05 Å². The number of fused-ring (bicyclic) bond motifs is 1. The van der Waals surface area contributed by atoms with E-state index in [0.29, 0.717) is 17.1 Å². The van der Waals surface area contributed by atoms with Gasteiger partial charge in [-0.25, -0.2) is 8.42 Å². The fourth-order valence-electron chi connectivity index (χ4n) is 4.11. The van der Waals surface area contributed by atoms with Crippen molar-refractivity contribution >= 4 is 27.3 Å². The Morgan fingerprint density at radius 3 is 2.53 bits per heavy atom. The fourth-order valence-corrected chi connectivity index (χ4v) is 5.51. The number of aromatic nitrogens is 2. The van der Waals surface area contributed by atoms with Crippen LogP contribution in [0, 0.1) is 13.8 Å². The second-order valence-corrected chi connectivity index (χ2v) is 9.59. The number of sulfonamides is 1. The van der Waals surface area contributed by atoms with Gasteiger partial charge >= 0.3 is 0 Å². The summed E-state index contributed by atoms with van der Waals surface area (Å²) in [5.74, 6) is -0.180. The number of rotatable bonds is 6. The zero-order chi connectivity index (χ0) is 23.0. The highest BCUT2D eigenvalue weighted by Gasteiger charge is 2.26. The van der Waals surface area contributed by atoms with Crippen LogP contribution < -0.4 is 14.8 Å². The largest absolute Gasteiger partial charge is 0.495 e. The van der Waals surface area contributed by atoms with Gasteiger partial charge in [-0.15, -0.1) is 0 Å². The van der Waals surface area contributed by atoms with Crippen LogP contribution in [0.25, 0.3) is 0 Å². The maximum absolute atomic E-state index is 13.2. The molecule has 0 saturated heterocycles. The van der Waals surface area contributed by atoms with Crippen LogP contribution in [0.4, 0.5) is 11.4 Å². The molecule has 0 unspecified atom stereocenters. The summed E-state index contributed by atoms with van der Waals surface area (Å²) < 4.78 is 36.2. The highest BCUT2D eigenvalue weighted by Crippen LogP contribution is 2.31. The summed E-state index contributed by atoms with van der Waals surface area (Å²) in [6.07, 6.45) is 2.71. The molecule has 1 aliphatic carbocycles. The van der Waals surface area contributed by atoms with Gasteiger partial charge in [0.1, 0.15) is 10.6 Å². The van der Waals surface area contributed by atoms with Crippen LogP contribution in [0.5, 0.6) is 5.75 Å². The minimum Gasteiger partial charge on any atom is -0.495 e. The first kappa shape index (κ1) is 21.9. The van der Waals surface area contributed by atoms with Crippen LogP contribution in [0.3, 0.4) is 0 Å². The number of hydrogen-bond donors (Lipinski definition) is 2. The average Bonchev–Trinajstić information content (AvgIpc) is 3.35. The standard InChI is InChI=1S/C23H26N4O4S/c1-14-7-5-8-15(2)21(14)26-32(29,30)20-13-16(11-12-19(20)31-4)24-23(28)22-17-9-6-10-18(17)27(3)25-22/h5,7-8,11-13,26H,6,9-10H2,1-4H3,(H,24,28). The first-order valence-corrected chi connectivity index (χ1v) is 11.8. The molecule has 8 nitrogen and oxygen atoms in total. The minimum absolute atomic E-state index is 0.0632. The van der Waals surface area contributed by atoms with E-state index in [-0.39, 0.29) is 16.6 Å². The second kappa shape index (κ2) is 8.31. The topological polar surface area (TPSA) is 102 Å². The molecular weight excluding hydrogens is 428 g/mol. The number of hydrogen-bond acceptors (Lipinski definition) is 5. The van der Waals surface area contributed by atoms with Crippen LogP contribution in [0.2, 0.25) is 0 Å². The molecule has 1 amide bonds. The van der Waals surface area contributed by atoms with E-state index in [9.17, 15) is 13.2 Å². The Kier molecular flexibility index (Phi) is 5.68. The Morgan fingerprint density at radius 1 is 1.12 bits per heavy atom. The summed E-state index contributed by atoms with van der Waals surface area (Å²) >= 11 is 0. The summed E-state index contributed by atoms with van der Waals surface area (Å²) in [7, 11) is -0.738. The van der Waals surface area contributed by atoms with Crippen molar-refractivity contribution in [3.8, 4) is 5.75 Å². The van der Waals surface area contributed by atoms with Gasteiger partial charge < -0.3 is 10.1 Å². The van der Waals surface area contributed by atoms with E-state index < -0.39 is 10.0 Å². The summed E-state index contributed by atoms with van der Waals surface area (Å²) in [4.78, 5) is 12.8. The van der Waals surface area contributed by atoms with Gasteiger partial charge in [0.25, 0.3) is 15.9 Å². The molecule has 4 rings (SSSR count). The molecule has 32 heavy (non-hydrogen) atoms. The Bertz CT molecular complexity index is 1290. The number of anilines is 2. The Hall–Kier alpha value is -3.33. The Balaban J connectivity index is 1.66. The predicted octanol–water partition coefficient (Wildman–Crippen LogP) is 3.59. The van der Waals surface area contributed by atoms with Crippen molar-refractivity contribution in [3.63, 3.8) is 0 Å². The molecule has 1 heterocycles. The summed E-state index contributed by atoms with van der Waals surface area (Å²) in [6.45, 7) is 3.67. The second-order valence-electron chi connectivity index (χ2n) is 7.94. The van der Waals surface area contributed by atoms with Gasteiger partial charge in [-0.2, -0.15) is 5.10 Å². The molecule has 0 bridgehead atoms. The number of nitrogens with zero attached hydrogens (tertiary/aromatic N) is 2. The molecule has 168 valence electrons. The SMILES string of the molecule is COc1ccc(NC(=O)c2nn(C)c3c2CCC3)cc1S(=O)(=O)Nc1c(C)cccc1C. The molecule has 9 heteroatoms. The van der Waals surface area contributed by atoms with Crippen LogP contribution in [-0.2, 0) is 29.9 Å². The Labute approximate surface area is 187 Å². The molecule has 2 aromatic carbocycles. The van der Waals surface area contributed by atoms with Gasteiger partial charge in [0.15, 0.2) is 5.69 Å². The third kappa shape index (κ3) is 3.95. The monoisotopic (exact) mass is 454 g/mol. The van der Waals surface area contributed by atoms with Crippen molar-refractivity contribution in [2.45, 2.75) is 38.0 Å². The third-order valence-electron chi connectivity index (χ3n) is 5.76. The van der Waals surface area contributed by atoms with Crippen molar-refractivity contribution in [1.82, 2.24) is 9.78 Å². The van der Waals surface area contributed by atoms with E-state index in [2.05, 4.69) is 15.1 Å². The smallest absolute Gasteiger partial charge is 0.276 e. The highest BCUT2D eigenvalue weighted by molar-refractivity contribution is 7.92. The summed E-state index contributed by atoms with van der Waals surface area (Å²) in [6, 6.07) is 10.1. The molecule has 0 atom stereocenters. The number of para-hydroxylation sites is 1. The van der Waals surface area contributed by atoms with E-state index >= 15 is 0 Å². The van der Waals surface area contributed by atoms with Gasteiger partial charge in [-0.3, -0.25) is 14.2 Å². The number of carbonyl (C=O) groups excluding carboxylic acids is 1. The molecule has 0 fully saturated rings. The Morgan fingerprint density at radius 2 is 1.84 bits per heavy atom. The number of amides is 1. The van der Waals surface area contributed by atoms with Gasteiger partial charge in [0.2, 0.25) is 0 Å². The first-order chi connectivity index (χ1) is 15.2. The van der Waals surface area contributed by atoms with Gasteiger partial charge in [0.05, 0.1) is 12.8 Å². The molecule has 0 radical (unpaired) electrons. The van der Waals surface area contributed by atoms with Crippen LogP contribution in [-0.4, -0.2) is 31.2 Å². The number of methoxy groups -OCH3 is 1. The van der Waals surface area contributed by atoms with Crippen LogP contribution in [0.15, 0.2) is 41.3 Å². The van der Waals surface area contributed by atoms with Crippen molar-refractivity contribution in [3.05, 3.63) is 64.5 Å². The fraction of sp³-hybridized carbons (Fsp3) is 0.304. The zero-order valence-electron chi connectivity index (χ0n) is 18.5. The van der Waals surface area contributed by atoms with Crippen molar-refractivity contribution in [1.29, 1.82) is 0 Å². The lowest BCUT2D eigenvalue weighted by atomic mass is 10.1. The predicted molar refractivity (Wildman–Crippen MR) is 123 cm³/mol. The molecule has 1 aromatic heterocycles. The number of ether oxygens (including phenoxy) is 1. The van der Waals surface area contributed by atoms with E-state index in [1.807, 2.05) is 39.1 Å². The average molecular weight is 455 g/mol. The van der Waals surface area contributed by atoms with Crippen molar-refractivity contribution in [2.75, 3.05) is 17.1 Å². The highest BCUT2D eigenvalue weighted by atomic mass is 32.2. The number of aryl methyl sites for hydroxylation is 3. The minimum atomic E-state index is -3.98. The van der Waals surface area contributed by atoms with E-state index in [1.165, 1.54) is 19.2 Å². The number of carbonyl (C=O) groups is 1. The van der Waals surface area contributed by atoms with E-state index in [0.717, 1.165) is 41.6 Å². The first-order valence-electron chi connectivity index (χ1n) is 10.3. The van der Waals surface area contributed by atoms with Gasteiger partial charge in [-0.1, -0.05) is 18.2 Å². The number of nitrogens with one attached hydrogen (secondary N) is 2. The maximum Gasteiger partial charge on any atom is 0.276 e. The molecular formula is C23H26N4O4S. The lowest BCUT2D eigenvalue weighted by molar-refractivity contribution is 0.102. The van der Waals surface area contributed by atoms with E-state index in [1.54, 1.807) is 10.7 Å². The maximum atomic E-state index is 13.2. The molecule has 0 saturated carbocycles. The lowest BCUT2D eigenvalue weighted by Gasteiger charge is -2.16. The molecule has 3 aromatic rings. The third-order valence-corrected chi connectivity index (χ3v) is 7.13. The summed E-state index contributed by atoms with van der Waals surface area (Å²) in [5.41, 5.74) is 4.90. The van der Waals surface area contributed by atoms with Crippen LogP contribution in [0.1, 0.15) is 39.3 Å². The molecule has 2 N–H and O–H groups in total. The molecule has 0 spiro atoms. The van der Waals surface area contributed by atoms with Gasteiger partial charge in [-0.05, 0) is 62.4 Å². The molecule has 1 aliphatic rings. The van der Waals surface area contributed by atoms with Gasteiger partial charge in [0, 0.05) is 24.0 Å². The molecule has 0 aliphatic heterocycles.